The van der Waals surface area contributed by atoms with Gasteiger partial charge in [-0.1, -0.05) is 52.0 Å². The van der Waals surface area contributed by atoms with Crippen molar-refractivity contribution in [1.82, 2.24) is 0 Å². The zero-order valence-electron chi connectivity index (χ0n) is 32.8. The molecule has 7 rings (SSSR count). The highest BCUT2D eigenvalue weighted by Crippen LogP contribution is 2.47. The zero-order valence-corrected chi connectivity index (χ0v) is 32.8. The highest BCUT2D eigenvalue weighted by atomic mass is 16.5. The summed E-state index contributed by atoms with van der Waals surface area (Å²) in [5.41, 5.74) is 11.4. The minimum Gasteiger partial charge on any atom is -0.497 e. The Morgan fingerprint density at radius 1 is 0.296 bits per heavy atom. The Labute approximate surface area is 319 Å². The first-order valence-corrected chi connectivity index (χ1v) is 18.1. The van der Waals surface area contributed by atoms with Gasteiger partial charge < -0.3 is 28.4 Å². The summed E-state index contributed by atoms with van der Waals surface area (Å²) in [5.74, 6) is 4.55. The van der Waals surface area contributed by atoms with E-state index in [1.165, 1.54) is 0 Å². The van der Waals surface area contributed by atoms with Gasteiger partial charge in [-0.25, -0.2) is 0 Å². The Kier molecular flexibility index (Phi) is 9.57. The topological polar surface area (TPSA) is 55.4 Å². The lowest BCUT2D eigenvalue weighted by Crippen LogP contribution is -2.19. The lowest BCUT2D eigenvalue weighted by Gasteiger charge is -2.29. The van der Waals surface area contributed by atoms with Crippen LogP contribution in [0, 0.1) is 0 Å². The third-order valence-corrected chi connectivity index (χ3v) is 11.2. The average molecular weight is 721 g/mol. The molecule has 1 aliphatic carbocycles. The molecule has 0 heterocycles. The molecule has 1 aliphatic rings. The van der Waals surface area contributed by atoms with Crippen molar-refractivity contribution in [3.63, 3.8) is 0 Å². The largest absolute Gasteiger partial charge is 0.497 e. The number of fused-ring (bicyclic) bond motifs is 16. The first-order chi connectivity index (χ1) is 25.9. The Morgan fingerprint density at radius 3 is 0.741 bits per heavy atom. The van der Waals surface area contributed by atoms with Crippen molar-refractivity contribution >= 4 is 0 Å². The van der Waals surface area contributed by atoms with Gasteiger partial charge in [0.2, 0.25) is 0 Å². The lowest BCUT2D eigenvalue weighted by atomic mass is 9.75. The molecule has 0 saturated carbocycles. The standard InChI is InChI=1S/C48H48O6/c1-47(2)33-11-15-43(51-7)39(25-33)29-19-31(23-37(21-29)49-5)41-27-35(13-17-45(41)53-9)48(3,4)36-14-18-46(54-10)42(28-36)32-20-30(22-38(24-32)50-6)40-26-34(47)12-16-44(40)52-8/h11-28H,1-10H3. The number of hydrogen-bond donors (Lipinski definition) is 0. The van der Waals surface area contributed by atoms with Crippen LogP contribution in [0.1, 0.15) is 49.9 Å². The van der Waals surface area contributed by atoms with E-state index in [2.05, 4.69) is 137 Å². The fourth-order valence-corrected chi connectivity index (χ4v) is 7.68. The van der Waals surface area contributed by atoms with E-state index in [9.17, 15) is 0 Å². The van der Waals surface area contributed by atoms with Crippen LogP contribution in [0.25, 0.3) is 44.5 Å². The van der Waals surface area contributed by atoms with Crippen molar-refractivity contribution in [2.45, 2.75) is 38.5 Å². The normalized spacial score (nSPS) is 13.7. The van der Waals surface area contributed by atoms with Crippen LogP contribution in [0.2, 0.25) is 0 Å². The molecule has 0 radical (unpaired) electrons. The molecule has 0 unspecified atom stereocenters. The molecule has 0 fully saturated rings. The first-order valence-electron chi connectivity index (χ1n) is 18.1. The van der Waals surface area contributed by atoms with Gasteiger partial charge in [0.1, 0.15) is 34.5 Å². The lowest BCUT2D eigenvalue weighted by molar-refractivity contribution is 0.413. The Morgan fingerprint density at radius 2 is 0.537 bits per heavy atom. The SMILES string of the molecule is COc1cc2cc(c1)-c1cc(ccc1OC)C(C)(C)c1ccc(OC)c(c1)-c1cc(OC)cc(c1)-c1cc(ccc1OC)C(C)(C)c1ccc(OC)c-2c1. The fourth-order valence-electron chi connectivity index (χ4n) is 7.68. The number of hydrogen-bond acceptors (Lipinski definition) is 6. The van der Waals surface area contributed by atoms with Crippen LogP contribution in [-0.2, 0) is 10.8 Å². The number of ether oxygens (including phenoxy) is 6. The monoisotopic (exact) mass is 720 g/mol. The summed E-state index contributed by atoms with van der Waals surface area (Å²) in [6.45, 7) is 8.99. The minimum atomic E-state index is -0.410. The Bertz CT molecular complexity index is 2050. The highest BCUT2D eigenvalue weighted by molar-refractivity contribution is 5.84. The summed E-state index contributed by atoms with van der Waals surface area (Å²) in [4.78, 5) is 0. The van der Waals surface area contributed by atoms with Crippen molar-refractivity contribution in [3.05, 3.63) is 131 Å². The number of rotatable bonds is 6. The second-order valence-corrected chi connectivity index (χ2v) is 14.8. The molecule has 6 nitrogen and oxygen atoms in total. The van der Waals surface area contributed by atoms with Gasteiger partial charge in [0, 0.05) is 33.1 Å². The maximum atomic E-state index is 6.00. The number of benzene rings is 6. The molecule has 0 N–H and O–H groups in total. The highest BCUT2D eigenvalue weighted by Gasteiger charge is 2.29. The molecule has 0 aliphatic heterocycles. The average Bonchev–Trinajstić information content (AvgIpc) is 3.21. The Hall–Kier alpha value is -5.88. The summed E-state index contributed by atoms with van der Waals surface area (Å²) >= 11 is 0. The molecule has 6 heteroatoms. The molecule has 0 saturated heterocycles. The van der Waals surface area contributed by atoms with E-state index in [4.69, 9.17) is 28.4 Å². The Balaban J connectivity index is 1.60. The van der Waals surface area contributed by atoms with Crippen molar-refractivity contribution in [2.75, 3.05) is 42.7 Å². The summed E-state index contributed by atoms with van der Waals surface area (Å²) in [7, 11) is 10.3. The van der Waals surface area contributed by atoms with Crippen LogP contribution in [0.5, 0.6) is 34.5 Å². The maximum absolute atomic E-state index is 6.00. The van der Waals surface area contributed by atoms with Gasteiger partial charge in [-0.2, -0.15) is 0 Å². The van der Waals surface area contributed by atoms with Gasteiger partial charge in [-0.15, -0.1) is 0 Å². The molecule has 12 bridgehead atoms. The van der Waals surface area contributed by atoms with Crippen LogP contribution >= 0.6 is 0 Å². The smallest absolute Gasteiger partial charge is 0.126 e. The summed E-state index contributed by atoms with van der Waals surface area (Å²) < 4.78 is 35.8. The summed E-state index contributed by atoms with van der Waals surface area (Å²) in [6, 6.07) is 38.4. The van der Waals surface area contributed by atoms with Gasteiger partial charge in [0.25, 0.3) is 0 Å². The van der Waals surface area contributed by atoms with Gasteiger partial charge >= 0.3 is 0 Å². The van der Waals surface area contributed by atoms with Crippen LogP contribution in [0.4, 0.5) is 0 Å². The molecule has 0 aromatic heterocycles. The minimum absolute atomic E-state index is 0.410. The van der Waals surface area contributed by atoms with E-state index >= 15 is 0 Å². The first kappa shape index (κ1) is 36.5. The molecule has 0 amide bonds. The van der Waals surface area contributed by atoms with Crippen molar-refractivity contribution in [1.29, 1.82) is 0 Å². The van der Waals surface area contributed by atoms with Crippen molar-refractivity contribution in [2.24, 2.45) is 0 Å². The van der Waals surface area contributed by atoms with E-state index in [0.29, 0.717) is 0 Å². The molecule has 6 aromatic rings. The van der Waals surface area contributed by atoms with Gasteiger partial charge in [-0.3, -0.25) is 0 Å². The molecule has 54 heavy (non-hydrogen) atoms. The van der Waals surface area contributed by atoms with Crippen LogP contribution in [0.3, 0.4) is 0 Å². The third kappa shape index (κ3) is 6.30. The molecule has 0 spiro atoms. The maximum Gasteiger partial charge on any atom is 0.126 e. The molecule has 0 atom stereocenters. The van der Waals surface area contributed by atoms with Crippen molar-refractivity contribution in [3.8, 4) is 79.0 Å². The summed E-state index contributed by atoms with van der Waals surface area (Å²) in [6.07, 6.45) is 0. The van der Waals surface area contributed by atoms with Gasteiger partial charge in [-0.05, 0) is 129 Å². The molecule has 276 valence electrons. The fraction of sp³-hybridized carbons (Fsp3) is 0.250. The van der Waals surface area contributed by atoms with E-state index in [0.717, 1.165) is 101 Å². The molecular formula is C48H48O6. The second-order valence-electron chi connectivity index (χ2n) is 14.8. The molecular weight excluding hydrogens is 673 g/mol. The van der Waals surface area contributed by atoms with Crippen molar-refractivity contribution < 1.29 is 28.4 Å². The van der Waals surface area contributed by atoms with Gasteiger partial charge in [0.05, 0.1) is 42.7 Å². The van der Waals surface area contributed by atoms with Gasteiger partial charge in [0.15, 0.2) is 0 Å². The van der Waals surface area contributed by atoms with Crippen LogP contribution < -0.4 is 28.4 Å². The van der Waals surface area contributed by atoms with Crippen LogP contribution in [-0.4, -0.2) is 42.7 Å². The summed E-state index contributed by atoms with van der Waals surface area (Å²) in [5, 5.41) is 0. The molecule has 6 aromatic carbocycles. The van der Waals surface area contributed by atoms with Crippen LogP contribution in [0.15, 0.2) is 109 Å². The third-order valence-electron chi connectivity index (χ3n) is 11.2. The number of methoxy groups -OCH3 is 6. The second kappa shape index (κ2) is 14.2. The zero-order chi connectivity index (χ0) is 38.4. The predicted octanol–water partition coefficient (Wildman–Crippen LogP) is 11.4. The quantitative estimate of drug-likeness (QED) is 0.171. The van der Waals surface area contributed by atoms with E-state index in [1.54, 1.807) is 42.7 Å². The van der Waals surface area contributed by atoms with E-state index in [1.807, 2.05) is 0 Å². The van der Waals surface area contributed by atoms with E-state index in [-0.39, 0.29) is 0 Å². The van der Waals surface area contributed by atoms with E-state index < -0.39 is 10.8 Å². The predicted molar refractivity (Wildman–Crippen MR) is 218 cm³/mol.